The van der Waals surface area contributed by atoms with Crippen molar-refractivity contribution in [1.82, 2.24) is 0 Å². The number of ether oxygens (including phenoxy) is 6. The van der Waals surface area contributed by atoms with E-state index >= 15 is 0 Å². The first-order valence-electron chi connectivity index (χ1n) is 9.00. The van der Waals surface area contributed by atoms with Gasteiger partial charge in [0, 0.05) is 14.2 Å². The minimum Gasteiger partial charge on any atom is -0.387 e. The van der Waals surface area contributed by atoms with E-state index in [1.165, 1.54) is 14.2 Å². The first-order chi connectivity index (χ1) is 11.8. The Morgan fingerprint density at radius 1 is 0.577 bits per heavy atom. The molecule has 8 nitrogen and oxygen atoms in total. The number of fused-ring (bicyclic) bond motifs is 2. The topological polar surface area (TPSA) is 95.8 Å². The van der Waals surface area contributed by atoms with Gasteiger partial charge in [0.25, 0.3) is 0 Å². The van der Waals surface area contributed by atoms with Crippen LogP contribution in [-0.2, 0) is 28.4 Å². The highest BCUT2D eigenvalue weighted by Gasteiger charge is 2.66. The van der Waals surface area contributed by atoms with Crippen LogP contribution in [0.3, 0.4) is 0 Å². The summed E-state index contributed by atoms with van der Waals surface area (Å²) in [5, 5.41) is 21.9. The van der Waals surface area contributed by atoms with Gasteiger partial charge in [-0.3, -0.25) is 0 Å². The summed E-state index contributed by atoms with van der Waals surface area (Å²) in [4.78, 5) is 0. The summed E-state index contributed by atoms with van der Waals surface area (Å²) in [5.41, 5.74) is -1.33. The average molecular weight is 376 g/mol. The molecule has 3 rings (SSSR count). The third-order valence-corrected chi connectivity index (χ3v) is 6.63. The zero-order valence-electron chi connectivity index (χ0n) is 16.8. The second kappa shape index (κ2) is 6.09. The van der Waals surface area contributed by atoms with Crippen molar-refractivity contribution in [3.8, 4) is 0 Å². The fourth-order valence-electron chi connectivity index (χ4n) is 3.86. The molecule has 0 aromatic rings. The summed E-state index contributed by atoms with van der Waals surface area (Å²) in [6, 6.07) is 0. The van der Waals surface area contributed by atoms with E-state index in [0.29, 0.717) is 0 Å². The van der Waals surface area contributed by atoms with Crippen molar-refractivity contribution in [3.05, 3.63) is 0 Å². The molecule has 0 aromatic carbocycles. The second-order valence-electron chi connectivity index (χ2n) is 8.63. The maximum atomic E-state index is 11.0. The smallest absolute Gasteiger partial charge is 0.220 e. The van der Waals surface area contributed by atoms with Gasteiger partial charge in [-0.05, 0) is 41.5 Å². The van der Waals surface area contributed by atoms with E-state index in [4.69, 9.17) is 28.4 Å². The monoisotopic (exact) mass is 376 g/mol. The predicted molar refractivity (Wildman–Crippen MR) is 90.5 cm³/mol. The van der Waals surface area contributed by atoms with Gasteiger partial charge in [0.05, 0.1) is 11.2 Å². The molecule has 2 N–H and O–H groups in total. The molecule has 2 saturated heterocycles. The molecule has 2 aliphatic heterocycles. The van der Waals surface area contributed by atoms with Gasteiger partial charge < -0.3 is 38.6 Å². The number of rotatable bonds is 2. The Morgan fingerprint density at radius 3 is 1.12 bits per heavy atom. The first-order valence-corrected chi connectivity index (χ1v) is 9.00. The molecule has 2 heterocycles. The zero-order valence-corrected chi connectivity index (χ0v) is 16.8. The number of aliphatic hydroxyl groups is 2. The maximum absolute atomic E-state index is 11.0. The summed E-state index contributed by atoms with van der Waals surface area (Å²) in [6.45, 7) is 10.9. The van der Waals surface area contributed by atoms with Crippen LogP contribution in [0.15, 0.2) is 0 Å². The molecule has 152 valence electrons. The predicted octanol–water partition coefficient (Wildman–Crippen LogP) is 0.572. The van der Waals surface area contributed by atoms with Crippen LogP contribution >= 0.6 is 0 Å². The largest absolute Gasteiger partial charge is 0.387 e. The number of hydrogen-bond acceptors (Lipinski definition) is 8. The molecule has 1 saturated carbocycles. The van der Waals surface area contributed by atoms with Crippen molar-refractivity contribution in [3.63, 3.8) is 0 Å². The van der Waals surface area contributed by atoms with E-state index in [-0.39, 0.29) is 0 Å². The normalized spacial score (nSPS) is 52.8. The Morgan fingerprint density at radius 2 is 0.846 bits per heavy atom. The van der Waals surface area contributed by atoms with Crippen molar-refractivity contribution in [2.24, 2.45) is 0 Å². The molecule has 8 atom stereocenters. The maximum Gasteiger partial charge on any atom is 0.220 e. The van der Waals surface area contributed by atoms with Crippen molar-refractivity contribution in [1.29, 1.82) is 0 Å². The number of aliphatic hydroxyl groups excluding tert-OH is 2. The quantitative estimate of drug-likeness (QED) is 0.722. The van der Waals surface area contributed by atoms with Crippen LogP contribution in [0.1, 0.15) is 41.5 Å². The Bertz CT molecular complexity index is 503. The van der Waals surface area contributed by atoms with E-state index in [2.05, 4.69) is 0 Å². The fraction of sp³-hybridized carbons (Fsp3) is 1.00. The molecular weight excluding hydrogens is 344 g/mol. The van der Waals surface area contributed by atoms with Gasteiger partial charge in [0.1, 0.15) is 36.6 Å². The molecule has 26 heavy (non-hydrogen) atoms. The van der Waals surface area contributed by atoms with Gasteiger partial charge in [-0.2, -0.15) is 0 Å². The van der Waals surface area contributed by atoms with Crippen LogP contribution in [0.5, 0.6) is 0 Å². The van der Waals surface area contributed by atoms with Gasteiger partial charge in [-0.1, -0.05) is 0 Å². The standard InChI is InChI=1S/C18H32O8/c1-15(2)16(3,4)24-12-10(20)14-13(9(19)11(12)23-15)25-17(5,21-7)18(6,22-8)26-14/h9-14,19-20H,1-8H3/t9-,10+,11-,12-,13+,14+,17-,18-/m0/s1. The van der Waals surface area contributed by atoms with Gasteiger partial charge in [-0.15, -0.1) is 0 Å². The van der Waals surface area contributed by atoms with E-state index in [0.717, 1.165) is 0 Å². The second-order valence-corrected chi connectivity index (χ2v) is 8.63. The third kappa shape index (κ3) is 2.66. The summed E-state index contributed by atoms with van der Waals surface area (Å²) in [6.07, 6.45) is -5.38. The Hall–Kier alpha value is -0.320. The summed E-state index contributed by atoms with van der Waals surface area (Å²) >= 11 is 0. The molecular formula is C18H32O8. The fourth-order valence-corrected chi connectivity index (χ4v) is 3.86. The highest BCUT2D eigenvalue weighted by atomic mass is 16.8. The number of hydrogen-bond donors (Lipinski definition) is 2. The molecule has 1 aliphatic carbocycles. The highest BCUT2D eigenvalue weighted by Crippen LogP contribution is 2.48. The van der Waals surface area contributed by atoms with E-state index in [9.17, 15) is 10.2 Å². The molecule has 0 unspecified atom stereocenters. The molecule has 8 heteroatoms. The Kier molecular flexibility index (Phi) is 4.78. The molecule has 0 radical (unpaired) electrons. The lowest BCUT2D eigenvalue weighted by Gasteiger charge is -2.61. The van der Waals surface area contributed by atoms with Crippen LogP contribution in [0.2, 0.25) is 0 Å². The van der Waals surface area contributed by atoms with Crippen LogP contribution in [-0.4, -0.2) is 83.8 Å². The molecule has 3 fully saturated rings. The number of methoxy groups -OCH3 is 2. The van der Waals surface area contributed by atoms with Crippen LogP contribution in [0.4, 0.5) is 0 Å². The van der Waals surface area contributed by atoms with Crippen molar-refractivity contribution < 1.29 is 38.6 Å². The van der Waals surface area contributed by atoms with Crippen molar-refractivity contribution in [2.75, 3.05) is 14.2 Å². The Balaban J connectivity index is 1.96. The zero-order chi connectivity index (χ0) is 19.7. The minimum atomic E-state index is -1.28. The molecule has 0 bridgehead atoms. The Labute approximate surface area is 154 Å². The van der Waals surface area contributed by atoms with Crippen LogP contribution in [0.25, 0.3) is 0 Å². The van der Waals surface area contributed by atoms with Crippen LogP contribution < -0.4 is 0 Å². The SMILES string of the molecule is CO[C@@]1(C)O[C@@H]2[C@@H](O)[C@@H]3OC(C)(C)C(C)(C)O[C@H]3[C@@H](O)[C@H]2O[C@]1(C)OC. The lowest BCUT2D eigenvalue weighted by Crippen LogP contribution is -2.78. The first kappa shape index (κ1) is 20.4. The lowest BCUT2D eigenvalue weighted by atomic mass is 9.78. The molecule has 3 aliphatic rings. The van der Waals surface area contributed by atoms with Gasteiger partial charge >= 0.3 is 0 Å². The van der Waals surface area contributed by atoms with Crippen molar-refractivity contribution in [2.45, 2.75) is 101 Å². The summed E-state index contributed by atoms with van der Waals surface area (Å²) < 4.78 is 35.4. The summed E-state index contributed by atoms with van der Waals surface area (Å²) in [7, 11) is 2.95. The lowest BCUT2D eigenvalue weighted by molar-refractivity contribution is -0.479. The van der Waals surface area contributed by atoms with E-state index in [1.54, 1.807) is 13.8 Å². The highest BCUT2D eigenvalue weighted by molar-refractivity contribution is 5.10. The average Bonchev–Trinajstić information content (AvgIpc) is 2.56. The molecule has 0 amide bonds. The molecule has 0 spiro atoms. The van der Waals surface area contributed by atoms with Gasteiger partial charge in [0.15, 0.2) is 0 Å². The van der Waals surface area contributed by atoms with E-state index < -0.39 is 59.4 Å². The van der Waals surface area contributed by atoms with Crippen molar-refractivity contribution >= 4 is 0 Å². The third-order valence-electron chi connectivity index (χ3n) is 6.63. The van der Waals surface area contributed by atoms with Gasteiger partial charge in [0.2, 0.25) is 11.6 Å². The molecule has 0 aromatic heterocycles. The minimum absolute atomic E-state index is 0.664. The van der Waals surface area contributed by atoms with E-state index in [1.807, 2.05) is 27.7 Å². The summed E-state index contributed by atoms with van der Waals surface area (Å²) in [5.74, 6) is -2.55. The van der Waals surface area contributed by atoms with Gasteiger partial charge in [-0.25, -0.2) is 0 Å². The van der Waals surface area contributed by atoms with Crippen LogP contribution in [0, 0.1) is 0 Å².